The maximum Gasteiger partial charge on any atom is 0.250 e. The number of rotatable bonds is 3. The van der Waals surface area contributed by atoms with Gasteiger partial charge in [0.15, 0.2) is 5.13 Å². The molecule has 0 radical (unpaired) electrons. The highest BCUT2D eigenvalue weighted by Crippen LogP contribution is 2.28. The molecule has 3 nitrogen and oxygen atoms in total. The summed E-state index contributed by atoms with van der Waals surface area (Å²) in [4.78, 5) is 16.3. The average molecular weight is 329 g/mol. The van der Waals surface area contributed by atoms with Crippen molar-refractivity contribution in [2.45, 2.75) is 6.92 Å². The van der Waals surface area contributed by atoms with E-state index in [4.69, 9.17) is 11.6 Å². The fraction of sp³-hybridized carbons (Fsp3) is 0.0588. The molecule has 5 heteroatoms. The molecule has 2 aromatic carbocycles. The summed E-state index contributed by atoms with van der Waals surface area (Å²) in [7, 11) is 0. The lowest BCUT2D eigenvalue weighted by Gasteiger charge is -1.96. The van der Waals surface area contributed by atoms with Crippen LogP contribution in [0.3, 0.4) is 0 Å². The van der Waals surface area contributed by atoms with Gasteiger partial charge < -0.3 is 0 Å². The summed E-state index contributed by atoms with van der Waals surface area (Å²) < 4.78 is 0.949. The Balaban J connectivity index is 1.71. The molecule has 0 saturated carbocycles. The van der Waals surface area contributed by atoms with Crippen molar-refractivity contribution < 1.29 is 4.79 Å². The Morgan fingerprint density at radius 1 is 1.23 bits per heavy atom. The zero-order valence-corrected chi connectivity index (χ0v) is 13.4. The maximum absolute atomic E-state index is 11.9. The Kier molecular flexibility index (Phi) is 4.22. The molecule has 110 valence electrons. The van der Waals surface area contributed by atoms with Crippen molar-refractivity contribution in [2.75, 3.05) is 5.32 Å². The molecule has 3 aromatic rings. The highest BCUT2D eigenvalue weighted by Gasteiger charge is 2.06. The number of nitrogens with zero attached hydrogens (tertiary/aromatic N) is 1. The Morgan fingerprint density at radius 2 is 2.00 bits per heavy atom. The molecule has 1 heterocycles. The van der Waals surface area contributed by atoms with E-state index in [9.17, 15) is 4.79 Å². The van der Waals surface area contributed by atoms with Crippen LogP contribution in [0.15, 0.2) is 48.5 Å². The molecule has 1 amide bonds. The molecule has 0 unspecified atom stereocenters. The summed E-state index contributed by atoms with van der Waals surface area (Å²) >= 11 is 7.34. The topological polar surface area (TPSA) is 42.0 Å². The minimum Gasteiger partial charge on any atom is -0.298 e. The number of thiazole rings is 1. The van der Waals surface area contributed by atoms with E-state index in [2.05, 4.69) is 10.3 Å². The van der Waals surface area contributed by atoms with Gasteiger partial charge in [-0.3, -0.25) is 10.1 Å². The maximum atomic E-state index is 11.9. The number of carbonyl (C=O) groups excluding carboxylic acids is 1. The number of aryl methyl sites for hydroxylation is 1. The standard InChI is InChI=1S/C17H13ClN2OS/c1-11-2-4-12(5-3-11)6-9-16(21)20-17-19-14-8-7-13(18)10-15(14)22-17/h2-10H,1H3,(H,19,20,21)/b9-6+. The first-order chi connectivity index (χ1) is 10.6. The van der Waals surface area contributed by atoms with Crippen molar-refractivity contribution in [1.82, 2.24) is 4.98 Å². The van der Waals surface area contributed by atoms with E-state index in [0.29, 0.717) is 10.2 Å². The number of benzene rings is 2. The van der Waals surface area contributed by atoms with Gasteiger partial charge in [0.25, 0.3) is 0 Å². The lowest BCUT2D eigenvalue weighted by molar-refractivity contribution is -0.111. The van der Waals surface area contributed by atoms with Crippen LogP contribution < -0.4 is 5.32 Å². The van der Waals surface area contributed by atoms with Gasteiger partial charge in [0.2, 0.25) is 5.91 Å². The Labute approximate surface area is 137 Å². The van der Waals surface area contributed by atoms with Gasteiger partial charge in [-0.15, -0.1) is 0 Å². The van der Waals surface area contributed by atoms with E-state index < -0.39 is 0 Å². The third kappa shape index (κ3) is 3.53. The molecule has 0 fully saturated rings. The molecule has 0 spiro atoms. The number of amides is 1. The van der Waals surface area contributed by atoms with E-state index in [1.807, 2.05) is 43.3 Å². The first kappa shape index (κ1) is 14.8. The summed E-state index contributed by atoms with van der Waals surface area (Å²) in [5, 5.41) is 4.00. The van der Waals surface area contributed by atoms with Crippen LogP contribution in [-0.2, 0) is 4.79 Å². The van der Waals surface area contributed by atoms with Crippen molar-refractivity contribution in [1.29, 1.82) is 0 Å². The van der Waals surface area contributed by atoms with Crippen LogP contribution in [0.25, 0.3) is 16.3 Å². The van der Waals surface area contributed by atoms with Crippen molar-refractivity contribution >= 4 is 50.3 Å². The fourth-order valence-electron chi connectivity index (χ4n) is 1.95. The van der Waals surface area contributed by atoms with Gasteiger partial charge in [-0.2, -0.15) is 0 Å². The SMILES string of the molecule is Cc1ccc(/C=C/C(=O)Nc2nc3ccc(Cl)cc3s2)cc1. The average Bonchev–Trinajstić information content (AvgIpc) is 2.88. The van der Waals surface area contributed by atoms with Crippen LogP contribution in [0.1, 0.15) is 11.1 Å². The van der Waals surface area contributed by atoms with Crippen LogP contribution in [-0.4, -0.2) is 10.9 Å². The minimum atomic E-state index is -0.203. The molecule has 0 aliphatic carbocycles. The first-order valence-corrected chi connectivity index (χ1v) is 7.91. The second-order valence-corrected chi connectivity index (χ2v) is 6.33. The lowest BCUT2D eigenvalue weighted by Crippen LogP contribution is -2.07. The molecular weight excluding hydrogens is 316 g/mol. The molecule has 0 aliphatic rings. The summed E-state index contributed by atoms with van der Waals surface area (Å²) in [5.74, 6) is -0.203. The normalized spacial score (nSPS) is 11.2. The van der Waals surface area contributed by atoms with Crippen LogP contribution in [0.5, 0.6) is 0 Å². The van der Waals surface area contributed by atoms with Crippen LogP contribution in [0.2, 0.25) is 5.02 Å². The fourth-order valence-corrected chi connectivity index (χ4v) is 3.09. The quantitative estimate of drug-likeness (QED) is 0.694. The van der Waals surface area contributed by atoms with Crippen LogP contribution in [0, 0.1) is 6.92 Å². The van der Waals surface area contributed by atoms with E-state index in [1.165, 1.54) is 23.0 Å². The molecule has 1 aromatic heterocycles. The number of nitrogens with one attached hydrogen (secondary N) is 1. The number of carbonyl (C=O) groups is 1. The smallest absolute Gasteiger partial charge is 0.250 e. The Morgan fingerprint density at radius 3 is 2.77 bits per heavy atom. The molecule has 1 N–H and O–H groups in total. The summed E-state index contributed by atoms with van der Waals surface area (Å²) in [6, 6.07) is 13.4. The predicted molar refractivity (Wildman–Crippen MR) is 93.5 cm³/mol. The van der Waals surface area contributed by atoms with Gasteiger partial charge in [-0.1, -0.05) is 52.8 Å². The van der Waals surface area contributed by atoms with Gasteiger partial charge >= 0.3 is 0 Å². The molecular formula is C17H13ClN2OS. The summed E-state index contributed by atoms with van der Waals surface area (Å²) in [6.07, 6.45) is 3.28. The van der Waals surface area contributed by atoms with E-state index in [0.717, 1.165) is 15.8 Å². The zero-order valence-electron chi connectivity index (χ0n) is 11.8. The number of anilines is 1. The van der Waals surface area contributed by atoms with Crippen molar-refractivity contribution in [3.05, 3.63) is 64.7 Å². The second kappa shape index (κ2) is 6.30. The van der Waals surface area contributed by atoms with Gasteiger partial charge in [-0.25, -0.2) is 4.98 Å². The number of fused-ring (bicyclic) bond motifs is 1. The van der Waals surface area contributed by atoms with Gasteiger partial charge in [-0.05, 0) is 36.8 Å². The molecule has 3 rings (SSSR count). The minimum absolute atomic E-state index is 0.203. The summed E-state index contributed by atoms with van der Waals surface area (Å²) in [5.41, 5.74) is 3.00. The number of hydrogen-bond donors (Lipinski definition) is 1. The van der Waals surface area contributed by atoms with E-state index in [-0.39, 0.29) is 5.91 Å². The highest BCUT2D eigenvalue weighted by atomic mass is 35.5. The molecule has 0 atom stereocenters. The largest absolute Gasteiger partial charge is 0.298 e. The zero-order chi connectivity index (χ0) is 15.5. The van der Waals surface area contributed by atoms with Crippen LogP contribution in [0.4, 0.5) is 5.13 Å². The summed E-state index contributed by atoms with van der Waals surface area (Å²) in [6.45, 7) is 2.03. The third-order valence-corrected chi connectivity index (χ3v) is 4.25. The number of hydrogen-bond acceptors (Lipinski definition) is 3. The van der Waals surface area contributed by atoms with Crippen LogP contribution >= 0.6 is 22.9 Å². The highest BCUT2D eigenvalue weighted by molar-refractivity contribution is 7.22. The van der Waals surface area contributed by atoms with Crippen molar-refractivity contribution in [2.24, 2.45) is 0 Å². The molecule has 0 bridgehead atoms. The molecule has 22 heavy (non-hydrogen) atoms. The molecule has 0 saturated heterocycles. The lowest BCUT2D eigenvalue weighted by atomic mass is 10.1. The molecule has 0 aliphatic heterocycles. The van der Waals surface area contributed by atoms with Crippen molar-refractivity contribution in [3.63, 3.8) is 0 Å². The Hall–Kier alpha value is -2.17. The monoisotopic (exact) mass is 328 g/mol. The first-order valence-electron chi connectivity index (χ1n) is 6.72. The van der Waals surface area contributed by atoms with E-state index >= 15 is 0 Å². The van der Waals surface area contributed by atoms with Crippen molar-refractivity contribution in [3.8, 4) is 0 Å². The predicted octanol–water partition coefficient (Wildman–Crippen LogP) is 4.91. The van der Waals surface area contributed by atoms with Gasteiger partial charge in [0.05, 0.1) is 10.2 Å². The van der Waals surface area contributed by atoms with Gasteiger partial charge in [0, 0.05) is 11.1 Å². The number of halogens is 1. The third-order valence-electron chi connectivity index (χ3n) is 3.09. The van der Waals surface area contributed by atoms with Gasteiger partial charge in [0.1, 0.15) is 0 Å². The number of aromatic nitrogens is 1. The second-order valence-electron chi connectivity index (χ2n) is 4.86. The van der Waals surface area contributed by atoms with E-state index in [1.54, 1.807) is 12.1 Å². The Bertz CT molecular complexity index is 853.